The van der Waals surface area contributed by atoms with Crippen molar-refractivity contribution in [2.75, 3.05) is 26.7 Å². The molecule has 2 atom stereocenters. The Morgan fingerprint density at radius 3 is 2.50 bits per heavy atom. The van der Waals surface area contributed by atoms with E-state index in [0.717, 1.165) is 13.1 Å². The monoisotopic (exact) mass is 285 g/mol. The van der Waals surface area contributed by atoms with Gasteiger partial charge in [0.15, 0.2) is 0 Å². The number of ether oxygens (including phenoxy) is 1. The van der Waals surface area contributed by atoms with E-state index in [4.69, 9.17) is 4.74 Å². The zero-order valence-corrected chi connectivity index (χ0v) is 13.8. The zero-order valence-electron chi connectivity index (χ0n) is 13.8. The summed E-state index contributed by atoms with van der Waals surface area (Å²) in [4.78, 5) is 14.0. The van der Waals surface area contributed by atoms with Crippen LogP contribution in [0.1, 0.15) is 41.0 Å². The first-order valence-electron chi connectivity index (χ1n) is 7.59. The van der Waals surface area contributed by atoms with Crippen molar-refractivity contribution in [2.45, 2.75) is 58.7 Å². The molecule has 2 N–H and O–H groups in total. The Kier molecular flexibility index (Phi) is 6.27. The molecule has 0 aromatic rings. The number of amides is 1. The van der Waals surface area contributed by atoms with Gasteiger partial charge in [0.05, 0.1) is 0 Å². The number of alkyl carbamates (subject to hydrolysis) is 1. The van der Waals surface area contributed by atoms with Gasteiger partial charge in [0.25, 0.3) is 0 Å². The molecule has 5 heteroatoms. The predicted octanol–water partition coefficient (Wildman–Crippen LogP) is 1.83. The summed E-state index contributed by atoms with van der Waals surface area (Å²) in [5.41, 5.74) is -0.445. The van der Waals surface area contributed by atoms with Gasteiger partial charge in [-0.25, -0.2) is 4.79 Å². The summed E-state index contributed by atoms with van der Waals surface area (Å²) in [6, 6.07) is 0.798. The lowest BCUT2D eigenvalue weighted by atomic mass is 10.0. The van der Waals surface area contributed by atoms with Crippen LogP contribution in [0.4, 0.5) is 4.79 Å². The Morgan fingerprint density at radius 1 is 1.40 bits per heavy atom. The maximum atomic E-state index is 11.7. The van der Waals surface area contributed by atoms with Crippen LogP contribution in [0.3, 0.4) is 0 Å². The number of carbonyl (C=O) groups excluding carboxylic acids is 1. The van der Waals surface area contributed by atoms with Crippen LogP contribution in [0.15, 0.2) is 0 Å². The maximum Gasteiger partial charge on any atom is 0.407 e. The molecule has 5 nitrogen and oxygen atoms in total. The molecule has 1 rings (SSSR count). The summed E-state index contributed by atoms with van der Waals surface area (Å²) < 4.78 is 5.27. The lowest BCUT2D eigenvalue weighted by Gasteiger charge is -2.27. The summed E-state index contributed by atoms with van der Waals surface area (Å²) in [6.07, 6.45) is 0.833. The summed E-state index contributed by atoms with van der Waals surface area (Å²) in [6.45, 7) is 12.8. The molecule has 0 aliphatic carbocycles. The smallest absolute Gasteiger partial charge is 0.407 e. The molecule has 20 heavy (non-hydrogen) atoms. The van der Waals surface area contributed by atoms with Crippen LogP contribution in [-0.2, 0) is 4.74 Å². The second-order valence-electron chi connectivity index (χ2n) is 7.15. The molecule has 1 aliphatic rings. The topological polar surface area (TPSA) is 53.6 Å². The minimum atomic E-state index is -0.445. The zero-order chi connectivity index (χ0) is 15.3. The lowest BCUT2D eigenvalue weighted by Crippen LogP contribution is -2.49. The molecule has 1 fully saturated rings. The van der Waals surface area contributed by atoms with Crippen LogP contribution in [-0.4, -0.2) is 55.4 Å². The van der Waals surface area contributed by atoms with Gasteiger partial charge in [-0.3, -0.25) is 0 Å². The van der Waals surface area contributed by atoms with E-state index in [9.17, 15) is 4.79 Å². The second kappa shape index (κ2) is 7.27. The number of rotatable bonds is 5. The number of likely N-dealkylation sites (tertiary alicyclic amines) is 1. The average Bonchev–Trinajstić information content (AvgIpc) is 2.67. The fraction of sp³-hybridized carbons (Fsp3) is 0.933. The molecule has 1 aliphatic heterocycles. The minimum absolute atomic E-state index is 0.277. The van der Waals surface area contributed by atoms with Crippen molar-refractivity contribution >= 4 is 6.09 Å². The second-order valence-corrected chi connectivity index (χ2v) is 7.15. The Bertz CT molecular complexity index is 313. The molecular weight excluding hydrogens is 254 g/mol. The summed E-state index contributed by atoms with van der Waals surface area (Å²) in [7, 11) is 2.14. The van der Waals surface area contributed by atoms with Crippen molar-refractivity contribution in [1.29, 1.82) is 0 Å². The molecule has 0 radical (unpaired) electrons. The van der Waals surface area contributed by atoms with Gasteiger partial charge in [0.1, 0.15) is 5.60 Å². The molecular formula is C15H31N3O2. The summed E-state index contributed by atoms with van der Waals surface area (Å²) >= 11 is 0. The van der Waals surface area contributed by atoms with E-state index in [1.165, 1.54) is 6.42 Å². The van der Waals surface area contributed by atoms with Crippen molar-refractivity contribution in [3.63, 3.8) is 0 Å². The molecule has 0 saturated carbocycles. The van der Waals surface area contributed by atoms with Crippen LogP contribution >= 0.6 is 0 Å². The van der Waals surface area contributed by atoms with E-state index in [1.54, 1.807) is 0 Å². The van der Waals surface area contributed by atoms with Gasteiger partial charge in [0, 0.05) is 25.2 Å². The standard InChI is InChI=1S/C15H31N3O2/c1-11(2)13(17-12-7-8-18(6)10-12)9-16-14(19)20-15(3,4)5/h11-13,17H,7-10H2,1-6H3,(H,16,19). The van der Waals surface area contributed by atoms with Crippen molar-refractivity contribution in [3.8, 4) is 0 Å². The van der Waals surface area contributed by atoms with Crippen molar-refractivity contribution in [2.24, 2.45) is 5.92 Å². The Balaban J connectivity index is 2.37. The van der Waals surface area contributed by atoms with Crippen LogP contribution in [0.5, 0.6) is 0 Å². The largest absolute Gasteiger partial charge is 0.444 e. The van der Waals surface area contributed by atoms with Gasteiger partial charge in [-0.1, -0.05) is 13.8 Å². The molecule has 2 unspecified atom stereocenters. The summed E-state index contributed by atoms with van der Waals surface area (Å²) in [5.74, 6) is 0.468. The highest BCUT2D eigenvalue weighted by Gasteiger charge is 2.24. The van der Waals surface area contributed by atoms with Crippen molar-refractivity contribution < 1.29 is 9.53 Å². The van der Waals surface area contributed by atoms with E-state index in [1.807, 2.05) is 20.8 Å². The SMILES string of the molecule is CC(C)C(CNC(=O)OC(C)(C)C)NC1CCN(C)C1. The quantitative estimate of drug-likeness (QED) is 0.809. The Hall–Kier alpha value is -0.810. The van der Waals surface area contributed by atoms with Crippen LogP contribution < -0.4 is 10.6 Å². The van der Waals surface area contributed by atoms with E-state index in [-0.39, 0.29) is 12.1 Å². The Labute approximate surface area is 123 Å². The van der Waals surface area contributed by atoms with Gasteiger partial charge >= 0.3 is 6.09 Å². The number of nitrogens with zero attached hydrogens (tertiary/aromatic N) is 1. The van der Waals surface area contributed by atoms with Crippen molar-refractivity contribution in [3.05, 3.63) is 0 Å². The van der Waals surface area contributed by atoms with Crippen LogP contribution in [0, 0.1) is 5.92 Å². The first-order chi connectivity index (χ1) is 9.17. The number of carbonyl (C=O) groups is 1. The fourth-order valence-corrected chi connectivity index (χ4v) is 2.37. The first kappa shape index (κ1) is 17.2. The molecule has 0 spiro atoms. The fourth-order valence-electron chi connectivity index (χ4n) is 2.37. The van der Waals surface area contributed by atoms with Gasteiger partial charge in [-0.2, -0.15) is 0 Å². The van der Waals surface area contributed by atoms with Gasteiger partial charge < -0.3 is 20.3 Å². The maximum absolute atomic E-state index is 11.7. The highest BCUT2D eigenvalue weighted by Crippen LogP contribution is 2.11. The molecule has 0 bridgehead atoms. The molecule has 118 valence electrons. The highest BCUT2D eigenvalue weighted by molar-refractivity contribution is 5.67. The number of nitrogens with one attached hydrogen (secondary N) is 2. The molecule has 1 heterocycles. The normalized spacial score (nSPS) is 22.1. The highest BCUT2D eigenvalue weighted by atomic mass is 16.6. The molecule has 0 aromatic carbocycles. The number of likely N-dealkylation sites (N-methyl/N-ethyl adjacent to an activating group) is 1. The number of hydrogen-bond donors (Lipinski definition) is 2. The molecule has 0 aromatic heterocycles. The minimum Gasteiger partial charge on any atom is -0.444 e. The van der Waals surface area contributed by atoms with E-state index >= 15 is 0 Å². The third kappa shape index (κ3) is 6.57. The van der Waals surface area contributed by atoms with E-state index in [0.29, 0.717) is 18.5 Å². The molecule has 1 amide bonds. The number of hydrogen-bond acceptors (Lipinski definition) is 4. The third-order valence-corrected chi connectivity index (χ3v) is 3.51. The summed E-state index contributed by atoms with van der Waals surface area (Å²) in [5, 5.41) is 6.52. The first-order valence-corrected chi connectivity index (χ1v) is 7.59. The van der Waals surface area contributed by atoms with Gasteiger partial charge in [-0.05, 0) is 46.7 Å². The third-order valence-electron chi connectivity index (χ3n) is 3.51. The Morgan fingerprint density at radius 2 is 2.05 bits per heavy atom. The van der Waals surface area contributed by atoms with E-state index < -0.39 is 5.60 Å². The van der Waals surface area contributed by atoms with E-state index in [2.05, 4.69) is 36.4 Å². The average molecular weight is 285 g/mol. The lowest BCUT2D eigenvalue weighted by molar-refractivity contribution is 0.0518. The van der Waals surface area contributed by atoms with Gasteiger partial charge in [0.2, 0.25) is 0 Å². The molecule has 1 saturated heterocycles. The van der Waals surface area contributed by atoms with Crippen molar-refractivity contribution in [1.82, 2.24) is 15.5 Å². The van der Waals surface area contributed by atoms with Gasteiger partial charge in [-0.15, -0.1) is 0 Å². The van der Waals surface area contributed by atoms with Crippen LogP contribution in [0.25, 0.3) is 0 Å². The predicted molar refractivity (Wildman–Crippen MR) is 81.9 cm³/mol. The van der Waals surface area contributed by atoms with Crippen LogP contribution in [0.2, 0.25) is 0 Å².